The highest BCUT2D eigenvalue weighted by Crippen LogP contribution is 2.32. The van der Waals surface area contributed by atoms with Crippen molar-refractivity contribution >= 4 is 50.5 Å². The number of aryl methyl sites for hydroxylation is 2. The number of rotatable bonds is 5. The lowest BCUT2D eigenvalue weighted by Gasteiger charge is -2.29. The molecule has 0 aromatic heterocycles. The molecule has 0 saturated carbocycles. The third-order valence-corrected chi connectivity index (χ3v) is 5.79. The summed E-state index contributed by atoms with van der Waals surface area (Å²) >= 11 is 12.1. The molecule has 0 fully saturated rings. The number of hydrogen-bond acceptors (Lipinski definition) is 3. The van der Waals surface area contributed by atoms with E-state index in [1.807, 2.05) is 26.0 Å². The van der Waals surface area contributed by atoms with Gasteiger partial charge < -0.3 is 5.32 Å². The van der Waals surface area contributed by atoms with E-state index in [1.165, 1.54) is 19.1 Å². The van der Waals surface area contributed by atoms with E-state index in [1.54, 1.807) is 12.1 Å². The Morgan fingerprint density at radius 3 is 2.31 bits per heavy atom. The third kappa shape index (κ3) is 4.69. The highest BCUT2D eigenvalue weighted by molar-refractivity contribution is 7.92. The molecular weight excluding hydrogens is 395 g/mol. The van der Waals surface area contributed by atoms with E-state index < -0.39 is 22.0 Å². The van der Waals surface area contributed by atoms with Crippen LogP contribution in [-0.4, -0.2) is 26.6 Å². The zero-order chi connectivity index (χ0) is 19.6. The van der Waals surface area contributed by atoms with E-state index >= 15 is 0 Å². The van der Waals surface area contributed by atoms with Crippen LogP contribution in [-0.2, 0) is 14.8 Å². The molecule has 1 atom stereocenters. The Balaban J connectivity index is 2.37. The van der Waals surface area contributed by atoms with E-state index in [9.17, 15) is 13.2 Å². The maximum Gasteiger partial charge on any atom is 0.247 e. The van der Waals surface area contributed by atoms with Crippen LogP contribution in [0.15, 0.2) is 36.4 Å². The molecule has 0 aliphatic heterocycles. The van der Waals surface area contributed by atoms with Gasteiger partial charge in [-0.2, -0.15) is 0 Å². The molecule has 2 rings (SSSR count). The summed E-state index contributed by atoms with van der Waals surface area (Å²) in [7, 11) is -3.78. The number of carbonyl (C=O) groups excluding carboxylic acids is 1. The second-order valence-corrected chi connectivity index (χ2v) is 8.82. The Labute approximate surface area is 164 Å². The van der Waals surface area contributed by atoms with Crippen LogP contribution in [0.4, 0.5) is 11.4 Å². The average molecular weight is 415 g/mol. The molecule has 0 aliphatic rings. The van der Waals surface area contributed by atoms with Gasteiger partial charge in [-0.3, -0.25) is 9.10 Å². The van der Waals surface area contributed by atoms with E-state index in [-0.39, 0.29) is 10.7 Å². The van der Waals surface area contributed by atoms with E-state index in [2.05, 4.69) is 5.32 Å². The number of hydrogen-bond donors (Lipinski definition) is 1. The quantitative estimate of drug-likeness (QED) is 0.787. The molecular formula is C18H20Cl2N2O3S. The molecule has 0 unspecified atom stereocenters. The fourth-order valence-corrected chi connectivity index (χ4v) is 4.11. The second-order valence-electron chi connectivity index (χ2n) is 6.12. The van der Waals surface area contributed by atoms with Gasteiger partial charge in [0.25, 0.3) is 0 Å². The van der Waals surface area contributed by atoms with E-state index in [0.29, 0.717) is 10.7 Å². The number of sulfonamides is 1. The van der Waals surface area contributed by atoms with Gasteiger partial charge in [0, 0.05) is 10.7 Å². The van der Waals surface area contributed by atoms with Crippen molar-refractivity contribution < 1.29 is 13.2 Å². The Bertz CT molecular complexity index is 945. The standard InChI is InChI=1S/C18H20Cl2N2O3S/c1-11-5-7-15(9-12(11)2)21-18(23)13(3)22(26(4,24)25)17-10-14(19)6-8-16(17)20/h5-10,13H,1-4H3,(H,21,23)/t13-/m1/s1. The summed E-state index contributed by atoms with van der Waals surface area (Å²) in [6, 6.07) is 8.92. The van der Waals surface area contributed by atoms with Crippen molar-refractivity contribution in [2.24, 2.45) is 0 Å². The predicted molar refractivity (Wildman–Crippen MR) is 108 cm³/mol. The number of benzene rings is 2. The number of nitrogens with zero attached hydrogens (tertiary/aromatic N) is 1. The van der Waals surface area contributed by atoms with Crippen LogP contribution in [0.5, 0.6) is 0 Å². The Morgan fingerprint density at radius 2 is 1.73 bits per heavy atom. The van der Waals surface area contributed by atoms with Crippen LogP contribution in [0.25, 0.3) is 0 Å². The monoisotopic (exact) mass is 414 g/mol. The normalized spacial score (nSPS) is 12.5. The Morgan fingerprint density at radius 1 is 1.08 bits per heavy atom. The number of carbonyl (C=O) groups is 1. The summed E-state index contributed by atoms with van der Waals surface area (Å²) in [4.78, 5) is 12.7. The fourth-order valence-electron chi connectivity index (χ4n) is 2.50. The lowest BCUT2D eigenvalue weighted by Crippen LogP contribution is -2.45. The van der Waals surface area contributed by atoms with Gasteiger partial charge in [-0.05, 0) is 62.2 Å². The third-order valence-electron chi connectivity index (χ3n) is 4.01. The number of halogens is 2. The van der Waals surface area contributed by atoms with Gasteiger partial charge in [0.1, 0.15) is 6.04 Å². The van der Waals surface area contributed by atoms with Crippen molar-refractivity contribution in [3.8, 4) is 0 Å². The molecule has 0 spiro atoms. The molecule has 0 heterocycles. The molecule has 2 aromatic carbocycles. The van der Waals surface area contributed by atoms with Gasteiger partial charge in [-0.15, -0.1) is 0 Å². The van der Waals surface area contributed by atoms with Crippen LogP contribution in [0.1, 0.15) is 18.1 Å². The molecule has 8 heteroatoms. The van der Waals surface area contributed by atoms with Crippen LogP contribution in [0, 0.1) is 13.8 Å². The Hall–Kier alpha value is -1.76. The fraction of sp³-hybridized carbons (Fsp3) is 0.278. The van der Waals surface area contributed by atoms with Gasteiger partial charge in [-0.1, -0.05) is 29.3 Å². The molecule has 2 aromatic rings. The van der Waals surface area contributed by atoms with Crippen molar-refractivity contribution in [3.63, 3.8) is 0 Å². The molecule has 5 nitrogen and oxygen atoms in total. The van der Waals surface area contributed by atoms with Gasteiger partial charge in [-0.25, -0.2) is 8.42 Å². The summed E-state index contributed by atoms with van der Waals surface area (Å²) in [6.45, 7) is 5.40. The molecule has 0 aliphatic carbocycles. The van der Waals surface area contributed by atoms with Gasteiger partial charge in [0.05, 0.1) is 17.0 Å². The van der Waals surface area contributed by atoms with Gasteiger partial charge >= 0.3 is 0 Å². The molecule has 0 saturated heterocycles. The van der Waals surface area contributed by atoms with Crippen LogP contribution < -0.4 is 9.62 Å². The molecule has 26 heavy (non-hydrogen) atoms. The van der Waals surface area contributed by atoms with Crippen LogP contribution in [0.2, 0.25) is 10.0 Å². The van der Waals surface area contributed by atoms with Crippen LogP contribution >= 0.6 is 23.2 Å². The smallest absolute Gasteiger partial charge is 0.247 e. The van der Waals surface area contributed by atoms with E-state index in [4.69, 9.17) is 23.2 Å². The Kier molecular flexibility index (Phi) is 6.21. The number of anilines is 2. The first kappa shape index (κ1) is 20.6. The zero-order valence-corrected chi connectivity index (χ0v) is 17.2. The number of nitrogens with one attached hydrogen (secondary N) is 1. The van der Waals surface area contributed by atoms with Crippen molar-refractivity contribution in [1.29, 1.82) is 0 Å². The first-order valence-electron chi connectivity index (χ1n) is 7.83. The van der Waals surface area contributed by atoms with Crippen LogP contribution in [0.3, 0.4) is 0 Å². The summed E-state index contributed by atoms with van der Waals surface area (Å²) in [5.41, 5.74) is 2.87. The number of amides is 1. The van der Waals surface area contributed by atoms with Gasteiger partial charge in [0.15, 0.2) is 0 Å². The first-order valence-corrected chi connectivity index (χ1v) is 10.4. The minimum Gasteiger partial charge on any atom is -0.324 e. The predicted octanol–water partition coefficient (Wildman–Crippen LogP) is 4.40. The maximum absolute atomic E-state index is 12.7. The lowest BCUT2D eigenvalue weighted by molar-refractivity contribution is -0.116. The van der Waals surface area contributed by atoms with Crippen molar-refractivity contribution in [1.82, 2.24) is 0 Å². The first-order chi connectivity index (χ1) is 12.0. The summed E-state index contributed by atoms with van der Waals surface area (Å²) in [6.07, 6.45) is 1.02. The SMILES string of the molecule is Cc1ccc(NC(=O)[C@@H](C)N(c2cc(Cl)ccc2Cl)S(C)(=O)=O)cc1C. The summed E-state index contributed by atoms with van der Waals surface area (Å²) in [5, 5.41) is 3.25. The highest BCUT2D eigenvalue weighted by atomic mass is 35.5. The maximum atomic E-state index is 12.7. The zero-order valence-electron chi connectivity index (χ0n) is 14.9. The minimum absolute atomic E-state index is 0.157. The summed E-state index contributed by atoms with van der Waals surface area (Å²) < 4.78 is 25.6. The molecule has 0 bridgehead atoms. The second kappa shape index (κ2) is 7.86. The van der Waals surface area contributed by atoms with Gasteiger partial charge in [0.2, 0.25) is 15.9 Å². The molecule has 1 N–H and O–H groups in total. The molecule has 1 amide bonds. The average Bonchev–Trinajstić information content (AvgIpc) is 2.53. The largest absolute Gasteiger partial charge is 0.324 e. The minimum atomic E-state index is -3.78. The van der Waals surface area contributed by atoms with E-state index in [0.717, 1.165) is 21.7 Å². The van der Waals surface area contributed by atoms with Crippen molar-refractivity contribution in [2.75, 3.05) is 15.9 Å². The van der Waals surface area contributed by atoms with Crippen molar-refractivity contribution in [2.45, 2.75) is 26.8 Å². The molecule has 140 valence electrons. The highest BCUT2D eigenvalue weighted by Gasteiger charge is 2.30. The molecule has 0 radical (unpaired) electrons. The van der Waals surface area contributed by atoms with Crippen molar-refractivity contribution in [3.05, 3.63) is 57.6 Å². The summed E-state index contributed by atoms with van der Waals surface area (Å²) in [5.74, 6) is -0.477. The topological polar surface area (TPSA) is 66.5 Å². The lowest BCUT2D eigenvalue weighted by atomic mass is 10.1.